The topological polar surface area (TPSA) is 66.4 Å². The van der Waals surface area contributed by atoms with E-state index in [1.165, 1.54) is 24.3 Å². The van der Waals surface area contributed by atoms with Crippen LogP contribution < -0.4 is 4.72 Å². The van der Waals surface area contributed by atoms with Crippen molar-refractivity contribution in [2.75, 3.05) is 4.72 Å². The lowest BCUT2D eigenvalue weighted by Gasteiger charge is -2.10. The lowest BCUT2D eigenvalue weighted by molar-refractivity contribution is 0.475. The molecular weight excluding hydrogens is 274 g/mol. The van der Waals surface area contributed by atoms with Crippen LogP contribution in [0.25, 0.3) is 0 Å². The van der Waals surface area contributed by atoms with Crippen LogP contribution in [0, 0.1) is 0 Å². The van der Waals surface area contributed by atoms with E-state index in [-0.39, 0.29) is 10.6 Å². The fourth-order valence-corrected chi connectivity index (χ4v) is 2.83. The van der Waals surface area contributed by atoms with Crippen molar-refractivity contribution in [2.45, 2.75) is 24.7 Å². The van der Waals surface area contributed by atoms with E-state index in [4.69, 9.17) is 0 Å². The molecule has 0 aliphatic heterocycles. The summed E-state index contributed by atoms with van der Waals surface area (Å²) in [5.74, 6) is 0.450. The third-order valence-corrected chi connectivity index (χ3v) is 4.37. The van der Waals surface area contributed by atoms with Gasteiger partial charge in [-0.15, -0.1) is 0 Å². The first-order valence-corrected chi connectivity index (χ1v) is 7.78. The number of hydrogen-bond donors (Lipinski definition) is 2. The van der Waals surface area contributed by atoms with E-state index in [9.17, 15) is 13.5 Å². The highest BCUT2D eigenvalue weighted by molar-refractivity contribution is 7.92. The molecule has 0 atom stereocenters. The van der Waals surface area contributed by atoms with Crippen molar-refractivity contribution in [2.24, 2.45) is 0 Å². The molecule has 0 fully saturated rings. The summed E-state index contributed by atoms with van der Waals surface area (Å²) in [6.45, 7) is 4.11. The van der Waals surface area contributed by atoms with E-state index in [1.807, 2.05) is 12.1 Å². The van der Waals surface area contributed by atoms with Crippen LogP contribution in [0.15, 0.2) is 53.4 Å². The van der Waals surface area contributed by atoms with Gasteiger partial charge < -0.3 is 5.11 Å². The maximum atomic E-state index is 12.2. The fourth-order valence-electron chi connectivity index (χ4n) is 1.78. The molecule has 0 saturated carbocycles. The summed E-state index contributed by atoms with van der Waals surface area (Å²) in [6, 6.07) is 12.7. The zero-order valence-electron chi connectivity index (χ0n) is 11.4. The summed E-state index contributed by atoms with van der Waals surface area (Å²) >= 11 is 0. The van der Waals surface area contributed by atoms with Crippen LogP contribution in [0.2, 0.25) is 0 Å². The first-order valence-electron chi connectivity index (χ1n) is 6.30. The fraction of sp³-hybridized carbons (Fsp3) is 0.200. The largest absolute Gasteiger partial charge is 0.508 e. The number of benzene rings is 2. The predicted molar refractivity (Wildman–Crippen MR) is 79.4 cm³/mol. The van der Waals surface area contributed by atoms with Gasteiger partial charge in [0.25, 0.3) is 10.0 Å². The van der Waals surface area contributed by atoms with E-state index in [2.05, 4.69) is 18.6 Å². The molecule has 0 saturated heterocycles. The van der Waals surface area contributed by atoms with Crippen molar-refractivity contribution in [1.82, 2.24) is 0 Å². The Bertz CT molecular complexity index is 674. The Morgan fingerprint density at radius 2 is 1.50 bits per heavy atom. The molecule has 0 spiro atoms. The molecule has 2 rings (SSSR count). The molecule has 2 N–H and O–H groups in total. The van der Waals surface area contributed by atoms with E-state index in [0.29, 0.717) is 11.6 Å². The molecule has 4 nitrogen and oxygen atoms in total. The molecule has 0 amide bonds. The molecule has 2 aromatic carbocycles. The van der Waals surface area contributed by atoms with Gasteiger partial charge in [-0.2, -0.15) is 0 Å². The lowest BCUT2D eigenvalue weighted by atomic mass is 10.0. The maximum Gasteiger partial charge on any atom is 0.261 e. The Hall–Kier alpha value is -2.01. The zero-order chi connectivity index (χ0) is 14.8. The normalized spacial score (nSPS) is 11.6. The Kier molecular flexibility index (Phi) is 3.99. The van der Waals surface area contributed by atoms with E-state index >= 15 is 0 Å². The molecule has 106 valence electrons. The van der Waals surface area contributed by atoms with Crippen LogP contribution in [0.1, 0.15) is 25.3 Å². The lowest BCUT2D eigenvalue weighted by Crippen LogP contribution is -2.12. The Morgan fingerprint density at radius 1 is 0.950 bits per heavy atom. The standard InChI is InChI=1S/C15H17NO3S/c1-11(2)12-3-9-15(10-4-12)20(18,19)16-13-5-7-14(17)8-6-13/h3-11,16-17H,1-2H3. The van der Waals surface area contributed by atoms with Gasteiger partial charge in [0.2, 0.25) is 0 Å². The van der Waals surface area contributed by atoms with Crippen molar-refractivity contribution in [3.8, 4) is 5.75 Å². The van der Waals surface area contributed by atoms with Crippen LogP contribution in [0.5, 0.6) is 5.75 Å². The molecule has 0 unspecified atom stereocenters. The smallest absolute Gasteiger partial charge is 0.261 e. The van der Waals surface area contributed by atoms with Crippen LogP contribution in [0.3, 0.4) is 0 Å². The second-order valence-corrected chi connectivity index (χ2v) is 6.56. The van der Waals surface area contributed by atoms with Gasteiger partial charge in [-0.25, -0.2) is 8.42 Å². The second-order valence-electron chi connectivity index (χ2n) is 4.88. The highest BCUT2D eigenvalue weighted by Crippen LogP contribution is 2.21. The SMILES string of the molecule is CC(C)c1ccc(S(=O)(=O)Nc2ccc(O)cc2)cc1. The average molecular weight is 291 g/mol. The number of anilines is 1. The number of phenols is 1. The van der Waals surface area contributed by atoms with Crippen molar-refractivity contribution in [3.05, 3.63) is 54.1 Å². The summed E-state index contributed by atoms with van der Waals surface area (Å²) < 4.78 is 26.9. The third kappa shape index (κ3) is 3.30. The molecular formula is C15H17NO3S. The molecule has 0 aliphatic carbocycles. The molecule has 20 heavy (non-hydrogen) atoms. The Labute approximate surface area is 119 Å². The molecule has 2 aromatic rings. The van der Waals surface area contributed by atoms with E-state index in [0.717, 1.165) is 5.56 Å². The zero-order valence-corrected chi connectivity index (χ0v) is 12.2. The van der Waals surface area contributed by atoms with Crippen LogP contribution in [-0.2, 0) is 10.0 Å². The molecule has 0 aromatic heterocycles. The summed E-state index contributed by atoms with van der Waals surface area (Å²) in [5, 5.41) is 9.18. The van der Waals surface area contributed by atoms with Crippen molar-refractivity contribution in [3.63, 3.8) is 0 Å². The number of aromatic hydroxyl groups is 1. The second kappa shape index (κ2) is 5.54. The van der Waals surface area contributed by atoms with Gasteiger partial charge in [-0.1, -0.05) is 26.0 Å². The Morgan fingerprint density at radius 3 is 2.00 bits per heavy atom. The highest BCUT2D eigenvalue weighted by Gasteiger charge is 2.14. The van der Waals surface area contributed by atoms with Gasteiger partial charge in [0.1, 0.15) is 5.75 Å². The number of phenolic OH excluding ortho intramolecular Hbond substituents is 1. The average Bonchev–Trinajstić information content (AvgIpc) is 2.41. The van der Waals surface area contributed by atoms with Crippen molar-refractivity contribution < 1.29 is 13.5 Å². The van der Waals surface area contributed by atoms with Crippen LogP contribution in [-0.4, -0.2) is 13.5 Å². The van der Waals surface area contributed by atoms with Crippen LogP contribution in [0.4, 0.5) is 5.69 Å². The molecule has 0 heterocycles. The van der Waals surface area contributed by atoms with E-state index in [1.54, 1.807) is 12.1 Å². The minimum atomic E-state index is -3.60. The van der Waals surface area contributed by atoms with Gasteiger partial charge in [0.05, 0.1) is 4.90 Å². The van der Waals surface area contributed by atoms with Crippen LogP contribution >= 0.6 is 0 Å². The summed E-state index contributed by atoms with van der Waals surface area (Å²) in [4.78, 5) is 0.218. The molecule has 0 bridgehead atoms. The summed E-state index contributed by atoms with van der Waals surface area (Å²) in [6.07, 6.45) is 0. The predicted octanol–water partition coefficient (Wildman–Crippen LogP) is 3.32. The minimum absolute atomic E-state index is 0.0919. The molecule has 5 heteroatoms. The first-order chi connectivity index (χ1) is 9.38. The number of rotatable bonds is 4. The summed E-state index contributed by atoms with van der Waals surface area (Å²) in [5.41, 5.74) is 1.50. The van der Waals surface area contributed by atoms with Crippen molar-refractivity contribution in [1.29, 1.82) is 0 Å². The monoisotopic (exact) mass is 291 g/mol. The van der Waals surface area contributed by atoms with Gasteiger partial charge in [0.15, 0.2) is 0 Å². The highest BCUT2D eigenvalue weighted by atomic mass is 32.2. The molecule has 0 radical (unpaired) electrons. The van der Waals surface area contributed by atoms with E-state index < -0.39 is 10.0 Å². The first kappa shape index (κ1) is 14.4. The minimum Gasteiger partial charge on any atom is -0.508 e. The quantitative estimate of drug-likeness (QED) is 0.849. The van der Waals surface area contributed by atoms with Gasteiger partial charge in [-0.3, -0.25) is 4.72 Å². The van der Waals surface area contributed by atoms with Gasteiger partial charge in [0, 0.05) is 5.69 Å². The molecule has 0 aliphatic rings. The third-order valence-electron chi connectivity index (χ3n) is 2.98. The maximum absolute atomic E-state index is 12.2. The van der Waals surface area contributed by atoms with Gasteiger partial charge >= 0.3 is 0 Å². The van der Waals surface area contributed by atoms with Crippen molar-refractivity contribution >= 4 is 15.7 Å². The summed E-state index contributed by atoms with van der Waals surface area (Å²) in [7, 11) is -3.60. The van der Waals surface area contributed by atoms with Gasteiger partial charge in [-0.05, 0) is 47.9 Å². The number of sulfonamides is 1. The Balaban J connectivity index is 2.23. The number of hydrogen-bond acceptors (Lipinski definition) is 3. The number of nitrogens with one attached hydrogen (secondary N) is 1.